The minimum atomic E-state index is -0.798. The lowest BCUT2D eigenvalue weighted by molar-refractivity contribution is 0.0244. The highest BCUT2D eigenvalue weighted by Crippen LogP contribution is 2.35. The molecule has 1 aromatic carbocycles. The van der Waals surface area contributed by atoms with E-state index in [1.165, 1.54) is 23.1 Å². The number of phenolic OH excluding ortho intramolecular Hbond substituents is 1. The van der Waals surface area contributed by atoms with E-state index in [-0.39, 0.29) is 35.6 Å². The summed E-state index contributed by atoms with van der Waals surface area (Å²) in [5.74, 6) is -1.47. The number of allylic oxidation sites excluding steroid dienone is 1. The van der Waals surface area contributed by atoms with Gasteiger partial charge in [-0.15, -0.1) is 0 Å². The number of carbonyl (C=O) groups excluding carboxylic acids is 1. The number of hydrogen-bond acceptors (Lipinski definition) is 7. The van der Waals surface area contributed by atoms with Crippen molar-refractivity contribution in [2.24, 2.45) is 17.4 Å². The monoisotopic (exact) mass is 415 g/mol. The summed E-state index contributed by atoms with van der Waals surface area (Å²) in [6, 6.07) is 6.15. The molecule has 30 heavy (non-hydrogen) atoms. The number of halogens is 1. The van der Waals surface area contributed by atoms with Crippen molar-refractivity contribution in [1.29, 1.82) is 5.26 Å². The van der Waals surface area contributed by atoms with Crippen molar-refractivity contribution in [2.75, 3.05) is 13.1 Å². The number of para-hydroxylation sites is 1. The molecule has 8 nitrogen and oxygen atoms in total. The highest BCUT2D eigenvalue weighted by molar-refractivity contribution is 5.73. The van der Waals surface area contributed by atoms with Gasteiger partial charge in [0.15, 0.2) is 11.6 Å². The lowest BCUT2D eigenvalue weighted by Crippen LogP contribution is -2.51. The second-order valence-electron chi connectivity index (χ2n) is 8.47. The summed E-state index contributed by atoms with van der Waals surface area (Å²) in [6.07, 6.45) is 1.46. The average Bonchev–Trinajstić information content (AvgIpc) is 3.07. The van der Waals surface area contributed by atoms with Crippen molar-refractivity contribution in [3.05, 3.63) is 47.2 Å². The number of nitriles is 1. The standard InChI is InChI=1S/C21H26FN5O3/c1-21(2,3)30-20(29)27-11-13-7-12(9-23)10-26(13)17(19(27)25)8-16(24)14-5-4-6-15(22)18(14)28/h4-6,8,12-13,28H,7,10-11,24-25H2,1-3H3/b16-8-. The molecule has 160 valence electrons. The van der Waals surface area contributed by atoms with Crippen LogP contribution in [-0.4, -0.2) is 45.7 Å². The zero-order valence-electron chi connectivity index (χ0n) is 17.2. The van der Waals surface area contributed by atoms with E-state index in [9.17, 15) is 19.6 Å². The fourth-order valence-electron chi connectivity index (χ4n) is 3.69. The Morgan fingerprint density at radius 1 is 1.40 bits per heavy atom. The van der Waals surface area contributed by atoms with Gasteiger partial charge >= 0.3 is 6.09 Å². The van der Waals surface area contributed by atoms with E-state index >= 15 is 0 Å². The third-order valence-corrected chi connectivity index (χ3v) is 5.06. The summed E-state index contributed by atoms with van der Waals surface area (Å²) in [5, 5.41) is 19.4. The van der Waals surface area contributed by atoms with Crippen molar-refractivity contribution in [1.82, 2.24) is 9.80 Å². The molecule has 0 spiro atoms. The number of carbonyl (C=O) groups is 1. The molecule has 2 atom stereocenters. The summed E-state index contributed by atoms with van der Waals surface area (Å²) < 4.78 is 19.2. The van der Waals surface area contributed by atoms with Crippen molar-refractivity contribution in [3.8, 4) is 11.8 Å². The molecule has 9 heteroatoms. The van der Waals surface area contributed by atoms with Crippen molar-refractivity contribution in [3.63, 3.8) is 0 Å². The summed E-state index contributed by atoms with van der Waals surface area (Å²) in [6.45, 7) is 5.98. The van der Waals surface area contributed by atoms with Gasteiger partial charge in [-0.3, -0.25) is 4.90 Å². The molecule has 2 aliphatic heterocycles. The van der Waals surface area contributed by atoms with Gasteiger partial charge in [-0.25, -0.2) is 9.18 Å². The first kappa shape index (κ1) is 21.3. The largest absolute Gasteiger partial charge is 0.504 e. The van der Waals surface area contributed by atoms with Crippen LogP contribution in [0.5, 0.6) is 5.75 Å². The zero-order valence-corrected chi connectivity index (χ0v) is 17.2. The van der Waals surface area contributed by atoms with Gasteiger partial charge in [0.1, 0.15) is 11.4 Å². The number of benzene rings is 1. The Morgan fingerprint density at radius 3 is 2.73 bits per heavy atom. The number of fused-ring (bicyclic) bond motifs is 1. The number of phenols is 1. The average molecular weight is 415 g/mol. The molecule has 0 aliphatic carbocycles. The molecule has 5 N–H and O–H groups in total. The highest BCUT2D eigenvalue weighted by atomic mass is 19.1. The molecule has 0 bridgehead atoms. The second kappa shape index (κ2) is 7.78. The Kier molecular flexibility index (Phi) is 5.53. The Bertz CT molecular complexity index is 960. The second-order valence-corrected chi connectivity index (χ2v) is 8.47. The molecule has 2 unspecified atom stereocenters. The van der Waals surface area contributed by atoms with Gasteiger partial charge in [-0.05, 0) is 45.4 Å². The topological polar surface area (TPSA) is 129 Å². The number of nitrogens with two attached hydrogens (primary N) is 2. The van der Waals surface area contributed by atoms with E-state index in [1.807, 2.05) is 4.90 Å². The molecular formula is C21H26FN5O3. The van der Waals surface area contributed by atoms with Gasteiger partial charge in [0.2, 0.25) is 0 Å². The zero-order chi connectivity index (χ0) is 22.2. The van der Waals surface area contributed by atoms with Crippen LogP contribution < -0.4 is 11.5 Å². The van der Waals surface area contributed by atoms with E-state index in [4.69, 9.17) is 16.2 Å². The van der Waals surface area contributed by atoms with Crippen LogP contribution >= 0.6 is 0 Å². The molecule has 2 aliphatic rings. The summed E-state index contributed by atoms with van der Waals surface area (Å²) in [4.78, 5) is 16.0. The molecular weight excluding hydrogens is 389 g/mol. The normalized spacial score (nSPS) is 22.0. The third-order valence-electron chi connectivity index (χ3n) is 5.06. The lowest BCUT2D eigenvalue weighted by Gasteiger charge is -2.40. The van der Waals surface area contributed by atoms with Gasteiger partial charge in [-0.2, -0.15) is 5.26 Å². The van der Waals surface area contributed by atoms with Crippen LogP contribution in [0.3, 0.4) is 0 Å². The fourth-order valence-corrected chi connectivity index (χ4v) is 3.69. The maximum absolute atomic E-state index is 13.7. The van der Waals surface area contributed by atoms with Crippen LogP contribution in [0.25, 0.3) is 5.70 Å². The molecule has 0 aromatic heterocycles. The quantitative estimate of drug-likeness (QED) is 0.676. The van der Waals surface area contributed by atoms with Gasteiger partial charge in [0, 0.05) is 23.8 Å². The van der Waals surface area contributed by atoms with E-state index in [1.54, 1.807) is 20.8 Å². The smallest absolute Gasteiger partial charge is 0.416 e. The van der Waals surface area contributed by atoms with Crippen LogP contribution in [0.15, 0.2) is 35.8 Å². The van der Waals surface area contributed by atoms with E-state index in [0.29, 0.717) is 18.7 Å². The van der Waals surface area contributed by atoms with Gasteiger partial charge in [0.05, 0.1) is 24.2 Å². The number of rotatable bonds is 2. The molecule has 1 saturated heterocycles. The minimum absolute atomic E-state index is 0.0788. The highest BCUT2D eigenvalue weighted by Gasteiger charge is 2.41. The number of nitrogens with zero attached hydrogens (tertiary/aromatic N) is 3. The minimum Gasteiger partial charge on any atom is -0.504 e. The molecule has 1 amide bonds. The summed E-state index contributed by atoms with van der Waals surface area (Å²) >= 11 is 0. The number of amides is 1. The van der Waals surface area contributed by atoms with Gasteiger partial charge < -0.3 is 26.2 Å². The predicted molar refractivity (Wildman–Crippen MR) is 109 cm³/mol. The molecule has 2 heterocycles. The first-order chi connectivity index (χ1) is 14.0. The van der Waals surface area contributed by atoms with E-state index < -0.39 is 23.3 Å². The van der Waals surface area contributed by atoms with Crippen LogP contribution in [-0.2, 0) is 4.74 Å². The van der Waals surface area contributed by atoms with Crippen LogP contribution in [0.4, 0.5) is 9.18 Å². The fraction of sp³-hybridized carbons (Fsp3) is 0.429. The lowest BCUT2D eigenvalue weighted by atomic mass is 10.1. The maximum Gasteiger partial charge on any atom is 0.416 e. The van der Waals surface area contributed by atoms with Crippen LogP contribution in [0.1, 0.15) is 32.8 Å². The molecule has 1 fully saturated rings. The van der Waals surface area contributed by atoms with Crippen molar-refractivity contribution >= 4 is 11.8 Å². The predicted octanol–water partition coefficient (Wildman–Crippen LogP) is 2.42. The van der Waals surface area contributed by atoms with Gasteiger partial charge in [0.25, 0.3) is 0 Å². The Hall–Kier alpha value is -3.41. The van der Waals surface area contributed by atoms with E-state index in [0.717, 1.165) is 6.07 Å². The molecule has 3 rings (SSSR count). The van der Waals surface area contributed by atoms with Crippen molar-refractivity contribution in [2.45, 2.75) is 38.8 Å². The first-order valence-electron chi connectivity index (χ1n) is 9.63. The summed E-state index contributed by atoms with van der Waals surface area (Å²) in [7, 11) is 0. The van der Waals surface area contributed by atoms with Crippen LogP contribution in [0, 0.1) is 23.1 Å². The number of ether oxygens (including phenoxy) is 1. The molecule has 0 radical (unpaired) electrons. The van der Waals surface area contributed by atoms with E-state index in [2.05, 4.69) is 6.07 Å². The SMILES string of the molecule is CC(C)(C)OC(=O)N1CC2CC(C#N)CN2C(/C=C(\N)c2cccc(F)c2O)=C1N. The van der Waals surface area contributed by atoms with Crippen LogP contribution in [0.2, 0.25) is 0 Å². The van der Waals surface area contributed by atoms with Crippen molar-refractivity contribution < 1.29 is 19.0 Å². The Morgan fingerprint density at radius 2 is 2.10 bits per heavy atom. The third kappa shape index (κ3) is 4.13. The number of hydrogen-bond donors (Lipinski definition) is 3. The molecule has 1 aromatic rings. The van der Waals surface area contributed by atoms with Gasteiger partial charge in [-0.1, -0.05) is 6.07 Å². The first-order valence-corrected chi connectivity index (χ1v) is 9.63. The Labute approximate surface area is 174 Å². The maximum atomic E-state index is 13.7. The number of aromatic hydroxyl groups is 1. The molecule has 0 saturated carbocycles. The summed E-state index contributed by atoms with van der Waals surface area (Å²) in [5.41, 5.74) is 12.4. The Balaban J connectivity index is 2.04.